The summed E-state index contributed by atoms with van der Waals surface area (Å²) in [5.41, 5.74) is 1.94. The lowest BCUT2D eigenvalue weighted by atomic mass is 10.1. The van der Waals surface area contributed by atoms with Gasteiger partial charge < -0.3 is 9.64 Å². The predicted octanol–water partition coefficient (Wildman–Crippen LogP) is 4.11. The Labute approximate surface area is 174 Å². The van der Waals surface area contributed by atoms with Gasteiger partial charge in [0.25, 0.3) is 5.91 Å². The molecule has 0 saturated heterocycles. The van der Waals surface area contributed by atoms with Crippen LogP contribution in [0.4, 0.5) is 5.13 Å². The molecule has 0 atom stereocenters. The third-order valence-corrected chi connectivity index (χ3v) is 5.64. The number of nitrogens with zero attached hydrogens (tertiary/aromatic N) is 3. The Morgan fingerprint density at radius 3 is 2.34 bits per heavy atom. The minimum Gasteiger partial charge on any atom is -0.497 e. The number of amides is 1. The summed E-state index contributed by atoms with van der Waals surface area (Å²) in [6.07, 6.45) is 0.823. The summed E-state index contributed by atoms with van der Waals surface area (Å²) < 4.78 is 6.28. The van der Waals surface area contributed by atoms with Gasteiger partial charge in [0.05, 0.1) is 17.3 Å². The van der Waals surface area contributed by atoms with Crippen molar-refractivity contribution >= 4 is 38.4 Å². The van der Waals surface area contributed by atoms with Gasteiger partial charge in [0.15, 0.2) is 10.9 Å². The highest BCUT2D eigenvalue weighted by molar-refractivity contribution is 7.22. The highest BCUT2D eigenvalue weighted by Crippen LogP contribution is 2.32. The van der Waals surface area contributed by atoms with Crippen molar-refractivity contribution in [1.29, 1.82) is 0 Å². The molecule has 1 aromatic heterocycles. The lowest BCUT2D eigenvalue weighted by Crippen LogP contribution is -2.33. The van der Waals surface area contributed by atoms with Crippen LogP contribution in [0.15, 0.2) is 42.5 Å². The quantitative estimate of drug-likeness (QED) is 0.522. The van der Waals surface area contributed by atoms with Crippen LogP contribution in [0.2, 0.25) is 0 Å². The minimum absolute atomic E-state index is 0.0213. The lowest BCUT2D eigenvalue weighted by molar-refractivity contribution is 0.0981. The van der Waals surface area contributed by atoms with Crippen LogP contribution < -0.4 is 9.64 Å². The Bertz CT molecular complexity index is 1010. The Hall–Kier alpha value is -2.77. The third-order valence-electron chi connectivity index (χ3n) is 4.58. The van der Waals surface area contributed by atoms with E-state index in [0.29, 0.717) is 22.8 Å². The number of Topliss-reactive ketones (excluding diaryl/α,β-unsaturated/α-hetero) is 1. The average molecular weight is 412 g/mol. The Morgan fingerprint density at radius 2 is 1.72 bits per heavy atom. The summed E-state index contributed by atoms with van der Waals surface area (Å²) >= 11 is 1.49. The molecule has 6 nitrogen and oxygen atoms in total. The first-order chi connectivity index (χ1) is 13.9. The fourth-order valence-electron chi connectivity index (χ4n) is 2.97. The van der Waals surface area contributed by atoms with Crippen molar-refractivity contribution in [1.82, 2.24) is 9.88 Å². The number of aromatic nitrogens is 1. The van der Waals surface area contributed by atoms with Gasteiger partial charge in [-0.25, -0.2) is 4.98 Å². The van der Waals surface area contributed by atoms with E-state index in [1.165, 1.54) is 18.3 Å². The number of ketones is 1. The van der Waals surface area contributed by atoms with Crippen molar-refractivity contribution in [2.45, 2.75) is 13.3 Å². The van der Waals surface area contributed by atoms with Crippen LogP contribution in [-0.2, 0) is 0 Å². The molecule has 29 heavy (non-hydrogen) atoms. The molecule has 1 heterocycles. The number of benzene rings is 2. The topological polar surface area (TPSA) is 62.7 Å². The zero-order valence-electron chi connectivity index (χ0n) is 17.1. The van der Waals surface area contributed by atoms with E-state index in [-0.39, 0.29) is 11.7 Å². The molecule has 0 unspecified atom stereocenters. The van der Waals surface area contributed by atoms with Crippen molar-refractivity contribution in [3.05, 3.63) is 53.6 Å². The minimum atomic E-state index is -0.120. The fraction of sp³-hybridized carbons (Fsp3) is 0.318. The van der Waals surface area contributed by atoms with Gasteiger partial charge >= 0.3 is 0 Å². The summed E-state index contributed by atoms with van der Waals surface area (Å²) in [4.78, 5) is 33.3. The maximum absolute atomic E-state index is 13.3. The van der Waals surface area contributed by atoms with E-state index in [9.17, 15) is 9.59 Å². The molecule has 0 aliphatic rings. The van der Waals surface area contributed by atoms with Crippen molar-refractivity contribution < 1.29 is 14.3 Å². The summed E-state index contributed by atoms with van der Waals surface area (Å²) in [7, 11) is 5.64. The van der Waals surface area contributed by atoms with Gasteiger partial charge in [0.2, 0.25) is 0 Å². The summed E-state index contributed by atoms with van der Waals surface area (Å²) in [6.45, 7) is 2.94. The van der Waals surface area contributed by atoms with Crippen LogP contribution in [0.1, 0.15) is 34.1 Å². The number of hydrogen-bond donors (Lipinski definition) is 0. The lowest BCUT2D eigenvalue weighted by Gasteiger charge is -2.21. The van der Waals surface area contributed by atoms with Gasteiger partial charge in [0, 0.05) is 23.7 Å². The predicted molar refractivity (Wildman–Crippen MR) is 117 cm³/mol. The number of hydrogen-bond acceptors (Lipinski definition) is 6. The molecule has 0 spiro atoms. The number of anilines is 1. The zero-order chi connectivity index (χ0) is 21.0. The second-order valence-electron chi connectivity index (χ2n) is 7.08. The summed E-state index contributed by atoms with van der Waals surface area (Å²) in [6, 6.07) is 12.5. The number of rotatable bonds is 8. The molecule has 0 aliphatic heterocycles. The first-order valence-electron chi connectivity index (χ1n) is 9.41. The first-order valence-corrected chi connectivity index (χ1v) is 10.2. The largest absolute Gasteiger partial charge is 0.497 e. The smallest absolute Gasteiger partial charge is 0.260 e. The van der Waals surface area contributed by atoms with E-state index in [0.717, 1.165) is 28.9 Å². The number of thiazole rings is 1. The molecular weight excluding hydrogens is 386 g/mol. The number of fused-ring (bicyclic) bond motifs is 1. The second-order valence-corrected chi connectivity index (χ2v) is 8.09. The molecule has 152 valence electrons. The molecule has 1 amide bonds. The standard InChI is InChI=1S/C22H25N3O3S/c1-15(26)16-6-8-17(9-7-16)21(27)25(13-5-12-24(2)3)22-23-19-14-18(28-4)10-11-20(19)29-22/h6-11,14H,5,12-13H2,1-4H3. The zero-order valence-corrected chi connectivity index (χ0v) is 18.0. The van der Waals surface area contributed by atoms with Crippen molar-refractivity contribution in [2.24, 2.45) is 0 Å². The van der Waals surface area contributed by atoms with Crippen molar-refractivity contribution in [2.75, 3.05) is 39.2 Å². The number of carbonyl (C=O) groups excluding carboxylic acids is 2. The van der Waals surface area contributed by atoms with Gasteiger partial charge in [-0.15, -0.1) is 0 Å². The maximum Gasteiger partial charge on any atom is 0.260 e. The van der Waals surface area contributed by atoms with Crippen molar-refractivity contribution in [3.8, 4) is 5.75 Å². The molecule has 2 aromatic carbocycles. The van der Waals surface area contributed by atoms with Crippen LogP contribution in [-0.4, -0.2) is 55.9 Å². The molecule has 7 heteroatoms. The van der Waals surface area contributed by atoms with E-state index in [2.05, 4.69) is 9.88 Å². The highest BCUT2D eigenvalue weighted by atomic mass is 32.1. The molecule has 0 fully saturated rings. The molecular formula is C22H25N3O3S. The van der Waals surface area contributed by atoms with Gasteiger partial charge in [-0.3, -0.25) is 14.5 Å². The third kappa shape index (κ3) is 4.99. The Balaban J connectivity index is 1.92. The van der Waals surface area contributed by atoms with Gasteiger partial charge in [-0.2, -0.15) is 0 Å². The van der Waals surface area contributed by atoms with Crippen LogP contribution in [0.5, 0.6) is 5.75 Å². The number of methoxy groups -OCH3 is 1. The normalized spacial score (nSPS) is 11.1. The molecule has 3 rings (SSSR count). The molecule has 0 radical (unpaired) electrons. The van der Waals surface area contributed by atoms with Crippen LogP contribution in [0, 0.1) is 0 Å². The van der Waals surface area contributed by atoms with E-state index < -0.39 is 0 Å². The number of ether oxygens (including phenoxy) is 1. The van der Waals surface area contributed by atoms with Gasteiger partial charge in [-0.05, 0) is 58.3 Å². The van der Waals surface area contributed by atoms with Gasteiger partial charge in [0.1, 0.15) is 5.75 Å². The SMILES string of the molecule is COc1ccc2sc(N(CCCN(C)C)C(=O)c3ccc(C(C)=O)cc3)nc2c1. The van der Waals surface area contributed by atoms with Crippen LogP contribution >= 0.6 is 11.3 Å². The van der Waals surface area contributed by atoms with Crippen molar-refractivity contribution in [3.63, 3.8) is 0 Å². The fourth-order valence-corrected chi connectivity index (χ4v) is 3.94. The second kappa shape index (κ2) is 9.15. The first kappa shape index (κ1) is 21.0. The van der Waals surface area contributed by atoms with E-state index >= 15 is 0 Å². The van der Waals surface area contributed by atoms with Crippen LogP contribution in [0.3, 0.4) is 0 Å². The van der Waals surface area contributed by atoms with E-state index in [4.69, 9.17) is 4.74 Å². The Morgan fingerprint density at radius 1 is 1.03 bits per heavy atom. The summed E-state index contributed by atoms with van der Waals surface area (Å²) in [5.74, 6) is 0.594. The number of carbonyl (C=O) groups is 2. The molecule has 0 N–H and O–H groups in total. The Kier molecular flexibility index (Phi) is 6.61. The van der Waals surface area contributed by atoms with Gasteiger partial charge in [-0.1, -0.05) is 23.5 Å². The molecule has 0 saturated carbocycles. The molecule has 0 aliphatic carbocycles. The maximum atomic E-state index is 13.3. The van der Waals surface area contributed by atoms with Crippen LogP contribution in [0.25, 0.3) is 10.2 Å². The summed E-state index contributed by atoms with van der Waals surface area (Å²) in [5, 5.41) is 0.660. The van der Waals surface area contributed by atoms with E-state index in [1.807, 2.05) is 32.3 Å². The van der Waals surface area contributed by atoms with E-state index in [1.54, 1.807) is 36.3 Å². The molecule has 0 bridgehead atoms. The highest BCUT2D eigenvalue weighted by Gasteiger charge is 2.21. The average Bonchev–Trinajstić information content (AvgIpc) is 3.13. The monoisotopic (exact) mass is 411 g/mol. The molecule has 3 aromatic rings.